The lowest BCUT2D eigenvalue weighted by Gasteiger charge is -2.17. The topological polar surface area (TPSA) is 26.0 Å². The first-order valence-corrected chi connectivity index (χ1v) is 5.16. The molecular weight excluding hydrogens is 235 g/mol. The minimum absolute atomic E-state index is 0.0136. The van der Waals surface area contributed by atoms with Crippen molar-refractivity contribution in [3.63, 3.8) is 0 Å². The zero-order valence-electron chi connectivity index (χ0n) is 7.14. The van der Waals surface area contributed by atoms with Crippen molar-refractivity contribution in [1.82, 2.24) is 0 Å². The summed E-state index contributed by atoms with van der Waals surface area (Å²) in [4.78, 5) is 0.230. The van der Waals surface area contributed by atoms with Crippen molar-refractivity contribution in [3.05, 3.63) is 21.3 Å². The fraction of sp³-hybridized carbons (Fsp3) is 0.500. The molecule has 1 atom stereocenters. The Labute approximate surface area is 88.7 Å². The summed E-state index contributed by atoms with van der Waals surface area (Å²) in [6.07, 6.45) is -4.34. The Morgan fingerprint density at radius 1 is 1.43 bits per heavy atom. The van der Waals surface area contributed by atoms with Crippen molar-refractivity contribution in [2.24, 2.45) is 5.73 Å². The van der Waals surface area contributed by atoms with Gasteiger partial charge in [-0.25, -0.2) is 0 Å². The van der Waals surface area contributed by atoms with E-state index in [1.165, 1.54) is 12.1 Å². The van der Waals surface area contributed by atoms with Gasteiger partial charge < -0.3 is 5.73 Å². The van der Waals surface area contributed by atoms with Crippen LogP contribution in [0.4, 0.5) is 13.2 Å². The molecular formula is C8H9ClF3NS. The van der Waals surface area contributed by atoms with E-state index in [0.29, 0.717) is 4.34 Å². The van der Waals surface area contributed by atoms with Crippen molar-refractivity contribution in [1.29, 1.82) is 0 Å². The number of thiophene rings is 1. The third-order valence-corrected chi connectivity index (χ3v) is 3.13. The second-order valence-corrected chi connectivity index (χ2v) is 4.56. The Balaban J connectivity index is 2.88. The van der Waals surface area contributed by atoms with E-state index in [-0.39, 0.29) is 17.8 Å². The predicted molar refractivity (Wildman–Crippen MR) is 51.8 cm³/mol. The van der Waals surface area contributed by atoms with Crippen molar-refractivity contribution in [2.45, 2.75) is 18.5 Å². The van der Waals surface area contributed by atoms with Gasteiger partial charge in [-0.3, -0.25) is 0 Å². The van der Waals surface area contributed by atoms with Crippen molar-refractivity contribution >= 4 is 22.9 Å². The maximum Gasteiger partial charge on any atom is 0.396 e. The molecule has 0 fully saturated rings. The van der Waals surface area contributed by atoms with E-state index in [2.05, 4.69) is 0 Å². The molecule has 2 N–H and O–H groups in total. The number of alkyl halides is 3. The molecule has 1 aromatic rings. The minimum atomic E-state index is -4.24. The highest BCUT2D eigenvalue weighted by atomic mass is 35.5. The fourth-order valence-corrected chi connectivity index (χ4v) is 2.37. The van der Waals surface area contributed by atoms with Crippen molar-refractivity contribution in [2.75, 3.05) is 6.54 Å². The second-order valence-electron chi connectivity index (χ2n) is 2.81. The van der Waals surface area contributed by atoms with Crippen LogP contribution in [0.1, 0.15) is 17.2 Å². The van der Waals surface area contributed by atoms with Crippen LogP contribution in [0, 0.1) is 0 Å². The van der Waals surface area contributed by atoms with Crippen LogP contribution in [-0.2, 0) is 0 Å². The average molecular weight is 244 g/mol. The van der Waals surface area contributed by atoms with E-state index in [1.54, 1.807) is 0 Å². The van der Waals surface area contributed by atoms with E-state index < -0.39 is 12.1 Å². The Morgan fingerprint density at radius 3 is 2.43 bits per heavy atom. The summed E-state index contributed by atoms with van der Waals surface area (Å²) in [5.74, 6) is -1.48. The molecule has 0 saturated heterocycles. The molecule has 1 aromatic heterocycles. The lowest BCUT2D eigenvalue weighted by atomic mass is 10.0. The number of hydrogen-bond donors (Lipinski definition) is 1. The minimum Gasteiger partial charge on any atom is -0.330 e. The molecule has 0 spiro atoms. The van der Waals surface area contributed by atoms with Gasteiger partial charge in [0.2, 0.25) is 0 Å². The number of hydrogen-bond acceptors (Lipinski definition) is 2. The smallest absolute Gasteiger partial charge is 0.330 e. The van der Waals surface area contributed by atoms with Crippen LogP contribution in [0.2, 0.25) is 4.34 Å². The number of nitrogens with two attached hydrogens (primary N) is 1. The molecule has 1 heterocycles. The molecule has 1 unspecified atom stereocenters. The monoisotopic (exact) mass is 243 g/mol. The summed E-state index contributed by atoms with van der Waals surface area (Å²) in [5, 5.41) is 0. The number of halogens is 4. The Hall–Kier alpha value is -0.260. The second kappa shape index (κ2) is 4.51. The van der Waals surface area contributed by atoms with Crippen LogP contribution in [-0.4, -0.2) is 12.7 Å². The largest absolute Gasteiger partial charge is 0.396 e. The first-order valence-electron chi connectivity index (χ1n) is 3.97. The molecule has 0 amide bonds. The number of rotatable bonds is 3. The molecule has 0 aliphatic rings. The normalized spacial score (nSPS) is 14.4. The SMILES string of the molecule is NCCC(c1ccc(Cl)s1)C(F)(F)F. The van der Waals surface area contributed by atoms with Gasteiger partial charge in [0, 0.05) is 4.88 Å². The van der Waals surface area contributed by atoms with Gasteiger partial charge in [0.1, 0.15) is 0 Å². The van der Waals surface area contributed by atoms with E-state index >= 15 is 0 Å². The van der Waals surface area contributed by atoms with E-state index in [4.69, 9.17) is 17.3 Å². The van der Waals surface area contributed by atoms with Gasteiger partial charge in [-0.15, -0.1) is 11.3 Å². The molecule has 6 heteroatoms. The summed E-state index contributed by atoms with van der Waals surface area (Å²) in [6, 6.07) is 2.87. The molecule has 0 aliphatic heterocycles. The standard InChI is InChI=1S/C8H9ClF3NS/c9-7-2-1-6(14-7)5(3-4-13)8(10,11)12/h1-2,5H,3-4,13H2. The predicted octanol–water partition coefficient (Wildman–Crippen LogP) is 3.40. The van der Waals surface area contributed by atoms with Crippen LogP contribution < -0.4 is 5.73 Å². The summed E-state index contributed by atoms with van der Waals surface area (Å²) in [6.45, 7) is 0.0136. The lowest BCUT2D eigenvalue weighted by molar-refractivity contribution is -0.150. The molecule has 0 saturated carbocycles. The van der Waals surface area contributed by atoms with Crippen LogP contribution >= 0.6 is 22.9 Å². The maximum atomic E-state index is 12.5. The van der Waals surface area contributed by atoms with Gasteiger partial charge in [0.05, 0.1) is 10.3 Å². The highest BCUT2D eigenvalue weighted by molar-refractivity contribution is 7.16. The zero-order valence-corrected chi connectivity index (χ0v) is 8.72. The molecule has 0 aromatic carbocycles. The first-order chi connectivity index (χ1) is 6.45. The van der Waals surface area contributed by atoms with Crippen LogP contribution in [0.3, 0.4) is 0 Å². The Bertz CT molecular complexity index is 297. The summed E-state index contributed by atoms with van der Waals surface area (Å²) in [5.41, 5.74) is 5.14. The van der Waals surface area contributed by atoms with Gasteiger partial charge in [-0.1, -0.05) is 11.6 Å². The molecule has 1 rings (SSSR count). The summed E-state index contributed by atoms with van der Waals surface area (Å²) < 4.78 is 37.9. The molecule has 1 nitrogen and oxygen atoms in total. The van der Waals surface area contributed by atoms with E-state index in [1.807, 2.05) is 0 Å². The van der Waals surface area contributed by atoms with Gasteiger partial charge in [0.25, 0.3) is 0 Å². The van der Waals surface area contributed by atoms with Gasteiger partial charge >= 0.3 is 6.18 Å². The Kier molecular flexibility index (Phi) is 3.80. The first kappa shape index (κ1) is 11.8. The van der Waals surface area contributed by atoms with Crippen molar-refractivity contribution in [3.8, 4) is 0 Å². The van der Waals surface area contributed by atoms with Gasteiger partial charge in [-0.2, -0.15) is 13.2 Å². The lowest BCUT2D eigenvalue weighted by Crippen LogP contribution is -2.22. The molecule has 0 radical (unpaired) electrons. The van der Waals surface area contributed by atoms with Crippen LogP contribution in [0.15, 0.2) is 12.1 Å². The average Bonchev–Trinajstić information content (AvgIpc) is 2.45. The molecule has 14 heavy (non-hydrogen) atoms. The summed E-state index contributed by atoms with van der Waals surface area (Å²) >= 11 is 6.53. The molecule has 0 aliphatic carbocycles. The Morgan fingerprint density at radius 2 is 2.07 bits per heavy atom. The van der Waals surface area contributed by atoms with Crippen LogP contribution in [0.25, 0.3) is 0 Å². The summed E-state index contributed by atoms with van der Waals surface area (Å²) in [7, 11) is 0. The third-order valence-electron chi connectivity index (χ3n) is 1.79. The van der Waals surface area contributed by atoms with E-state index in [9.17, 15) is 13.2 Å². The fourth-order valence-electron chi connectivity index (χ4n) is 1.15. The van der Waals surface area contributed by atoms with E-state index in [0.717, 1.165) is 11.3 Å². The van der Waals surface area contributed by atoms with Crippen molar-refractivity contribution < 1.29 is 13.2 Å². The third kappa shape index (κ3) is 2.87. The highest BCUT2D eigenvalue weighted by Crippen LogP contribution is 2.40. The van der Waals surface area contributed by atoms with Crippen LogP contribution in [0.5, 0.6) is 0 Å². The quantitative estimate of drug-likeness (QED) is 0.865. The van der Waals surface area contributed by atoms with Gasteiger partial charge in [0.15, 0.2) is 0 Å². The van der Waals surface area contributed by atoms with Gasteiger partial charge in [-0.05, 0) is 25.1 Å². The molecule has 80 valence electrons. The molecule has 0 bridgehead atoms. The maximum absolute atomic E-state index is 12.5. The highest BCUT2D eigenvalue weighted by Gasteiger charge is 2.40. The zero-order chi connectivity index (χ0) is 10.8.